The Labute approximate surface area is 145 Å². The van der Waals surface area contributed by atoms with E-state index in [0.717, 1.165) is 49.7 Å². The van der Waals surface area contributed by atoms with Crippen molar-refractivity contribution in [1.82, 2.24) is 14.9 Å². The van der Waals surface area contributed by atoms with Gasteiger partial charge >= 0.3 is 0 Å². The van der Waals surface area contributed by atoms with Gasteiger partial charge in [-0.1, -0.05) is 0 Å². The van der Waals surface area contributed by atoms with Crippen LogP contribution in [-0.4, -0.2) is 59.7 Å². The minimum Gasteiger partial charge on any atom is -0.368 e. The predicted molar refractivity (Wildman–Crippen MR) is 94.7 cm³/mol. The molecule has 7 heteroatoms. The van der Waals surface area contributed by atoms with Crippen molar-refractivity contribution in [1.29, 1.82) is 0 Å². The van der Waals surface area contributed by atoms with E-state index in [2.05, 4.69) is 28.7 Å². The highest BCUT2D eigenvalue weighted by Gasteiger charge is 2.31. The summed E-state index contributed by atoms with van der Waals surface area (Å²) in [7, 11) is 0. The monoisotopic (exact) mass is 346 g/mol. The molecule has 1 unspecified atom stereocenters. The average Bonchev–Trinajstić information content (AvgIpc) is 3.24. The van der Waals surface area contributed by atoms with Crippen LogP contribution in [0.25, 0.3) is 10.2 Å². The average molecular weight is 346 g/mol. The van der Waals surface area contributed by atoms with Gasteiger partial charge in [-0.3, -0.25) is 4.79 Å². The van der Waals surface area contributed by atoms with Gasteiger partial charge in [0.2, 0.25) is 0 Å². The van der Waals surface area contributed by atoms with Crippen LogP contribution >= 0.6 is 11.3 Å². The van der Waals surface area contributed by atoms with Crippen LogP contribution in [0.15, 0.2) is 6.33 Å². The summed E-state index contributed by atoms with van der Waals surface area (Å²) in [5.74, 6) is 1.16. The van der Waals surface area contributed by atoms with Gasteiger partial charge in [-0.2, -0.15) is 0 Å². The van der Waals surface area contributed by atoms with E-state index in [9.17, 15) is 4.79 Å². The van der Waals surface area contributed by atoms with Crippen molar-refractivity contribution >= 4 is 33.3 Å². The summed E-state index contributed by atoms with van der Waals surface area (Å²) in [6.07, 6.45) is 3.28. The van der Waals surface area contributed by atoms with Crippen LogP contribution in [0.4, 0.5) is 5.82 Å². The lowest BCUT2D eigenvalue weighted by atomic mass is 10.1. The molecule has 2 saturated heterocycles. The maximum Gasteiger partial charge on any atom is 0.251 e. The molecule has 2 aromatic rings. The Bertz CT molecular complexity index is 761. The van der Waals surface area contributed by atoms with E-state index in [1.807, 2.05) is 4.90 Å². The summed E-state index contributed by atoms with van der Waals surface area (Å²) < 4.78 is 5.53. The van der Waals surface area contributed by atoms with Gasteiger partial charge in [0.1, 0.15) is 23.1 Å². The number of thiophene rings is 1. The Morgan fingerprint density at radius 3 is 2.75 bits per heavy atom. The van der Waals surface area contributed by atoms with E-state index in [1.54, 1.807) is 17.7 Å². The summed E-state index contributed by atoms with van der Waals surface area (Å²) in [5.41, 5.74) is 1.27. The number of carbonyl (C=O) groups is 1. The van der Waals surface area contributed by atoms with Crippen molar-refractivity contribution in [2.24, 2.45) is 0 Å². The Balaban J connectivity index is 1.51. The van der Waals surface area contributed by atoms with Gasteiger partial charge in [0.05, 0.1) is 5.39 Å². The molecule has 0 spiro atoms. The van der Waals surface area contributed by atoms with Crippen molar-refractivity contribution < 1.29 is 9.53 Å². The van der Waals surface area contributed by atoms with Gasteiger partial charge in [0.15, 0.2) is 0 Å². The molecule has 0 saturated carbocycles. The van der Waals surface area contributed by atoms with Crippen molar-refractivity contribution in [2.75, 3.05) is 37.7 Å². The number of anilines is 1. The molecule has 2 aromatic heterocycles. The Morgan fingerprint density at radius 1 is 1.25 bits per heavy atom. The first-order valence-corrected chi connectivity index (χ1v) is 9.33. The standard InChI is InChI=1S/C17H22N4O2S/c1-11-12(2)24-16-14(11)15(18-10-19-16)20-5-7-21(8-6-20)17(22)13-4-3-9-23-13/h10,13H,3-9H2,1-2H3. The number of piperazine rings is 1. The summed E-state index contributed by atoms with van der Waals surface area (Å²) in [6, 6.07) is 0. The fourth-order valence-electron chi connectivity index (χ4n) is 3.52. The highest BCUT2D eigenvalue weighted by molar-refractivity contribution is 7.18. The summed E-state index contributed by atoms with van der Waals surface area (Å²) >= 11 is 1.72. The van der Waals surface area contributed by atoms with Crippen LogP contribution in [0.2, 0.25) is 0 Å². The molecule has 24 heavy (non-hydrogen) atoms. The summed E-state index contributed by atoms with van der Waals surface area (Å²) in [5, 5.41) is 1.17. The predicted octanol–water partition coefficient (Wildman–Crippen LogP) is 2.14. The zero-order valence-electron chi connectivity index (χ0n) is 14.1. The molecule has 6 nitrogen and oxygen atoms in total. The molecule has 0 N–H and O–H groups in total. The lowest BCUT2D eigenvalue weighted by Gasteiger charge is -2.36. The maximum absolute atomic E-state index is 12.5. The molecular weight excluding hydrogens is 324 g/mol. The highest BCUT2D eigenvalue weighted by atomic mass is 32.1. The molecule has 2 aliphatic heterocycles. The first-order valence-electron chi connectivity index (χ1n) is 8.51. The Morgan fingerprint density at radius 2 is 2.04 bits per heavy atom. The molecule has 1 amide bonds. The molecule has 0 aromatic carbocycles. The largest absolute Gasteiger partial charge is 0.368 e. The number of hydrogen-bond acceptors (Lipinski definition) is 6. The third kappa shape index (κ3) is 2.65. The lowest BCUT2D eigenvalue weighted by molar-refractivity contribution is -0.141. The normalized spacial score (nSPS) is 21.7. The highest BCUT2D eigenvalue weighted by Crippen LogP contribution is 2.34. The fourth-order valence-corrected chi connectivity index (χ4v) is 4.51. The second-order valence-corrected chi connectivity index (χ2v) is 7.68. The Kier molecular flexibility index (Phi) is 4.14. The van der Waals surface area contributed by atoms with Gasteiger partial charge in [-0.05, 0) is 32.3 Å². The molecule has 1 atom stereocenters. The number of nitrogens with zero attached hydrogens (tertiary/aromatic N) is 4. The number of ether oxygens (including phenoxy) is 1. The first-order chi connectivity index (χ1) is 11.6. The second-order valence-electron chi connectivity index (χ2n) is 6.47. The zero-order valence-corrected chi connectivity index (χ0v) is 14.9. The number of aromatic nitrogens is 2. The van der Waals surface area contributed by atoms with Crippen LogP contribution in [0.1, 0.15) is 23.3 Å². The van der Waals surface area contributed by atoms with Gasteiger partial charge in [0.25, 0.3) is 5.91 Å². The molecule has 0 radical (unpaired) electrons. The number of hydrogen-bond donors (Lipinski definition) is 0. The number of aryl methyl sites for hydroxylation is 2. The molecule has 2 fully saturated rings. The van der Waals surface area contributed by atoms with Crippen LogP contribution in [-0.2, 0) is 9.53 Å². The number of rotatable bonds is 2. The number of fused-ring (bicyclic) bond motifs is 1. The third-order valence-electron chi connectivity index (χ3n) is 5.04. The van der Waals surface area contributed by atoms with Crippen LogP contribution in [0.3, 0.4) is 0 Å². The van der Waals surface area contributed by atoms with Crippen molar-refractivity contribution in [3.05, 3.63) is 16.8 Å². The zero-order chi connectivity index (χ0) is 16.7. The second kappa shape index (κ2) is 6.29. The minimum absolute atomic E-state index is 0.155. The molecule has 0 aliphatic carbocycles. The van der Waals surface area contributed by atoms with Crippen molar-refractivity contribution in [3.63, 3.8) is 0 Å². The van der Waals surface area contributed by atoms with Crippen LogP contribution in [0, 0.1) is 13.8 Å². The van der Waals surface area contributed by atoms with Crippen molar-refractivity contribution in [3.8, 4) is 0 Å². The van der Waals surface area contributed by atoms with E-state index < -0.39 is 0 Å². The molecule has 4 heterocycles. The molecular formula is C17H22N4O2S. The fraction of sp³-hybridized carbons (Fsp3) is 0.588. The van der Waals surface area contributed by atoms with E-state index in [-0.39, 0.29) is 12.0 Å². The molecule has 4 rings (SSSR count). The van der Waals surface area contributed by atoms with E-state index >= 15 is 0 Å². The van der Waals surface area contributed by atoms with Gasteiger partial charge in [-0.25, -0.2) is 9.97 Å². The molecule has 128 valence electrons. The quantitative estimate of drug-likeness (QED) is 0.834. The van der Waals surface area contributed by atoms with Gasteiger partial charge in [0, 0.05) is 37.7 Å². The SMILES string of the molecule is Cc1sc2ncnc(N3CCN(C(=O)C4CCCO4)CC3)c2c1C. The minimum atomic E-state index is -0.218. The summed E-state index contributed by atoms with van der Waals surface area (Å²) in [6.45, 7) is 8.05. The van der Waals surface area contributed by atoms with Crippen molar-refractivity contribution in [2.45, 2.75) is 32.8 Å². The van der Waals surface area contributed by atoms with E-state index in [0.29, 0.717) is 6.61 Å². The van der Waals surface area contributed by atoms with E-state index in [4.69, 9.17) is 4.74 Å². The lowest BCUT2D eigenvalue weighted by Crippen LogP contribution is -2.51. The number of carbonyl (C=O) groups excluding carboxylic acids is 1. The van der Waals surface area contributed by atoms with Gasteiger partial charge in [-0.15, -0.1) is 11.3 Å². The first kappa shape index (κ1) is 15.8. The molecule has 0 bridgehead atoms. The molecule has 2 aliphatic rings. The van der Waals surface area contributed by atoms with Crippen LogP contribution in [0.5, 0.6) is 0 Å². The number of amides is 1. The van der Waals surface area contributed by atoms with E-state index in [1.165, 1.54) is 15.8 Å². The third-order valence-corrected chi connectivity index (χ3v) is 6.16. The summed E-state index contributed by atoms with van der Waals surface area (Å²) in [4.78, 5) is 28.0. The smallest absolute Gasteiger partial charge is 0.251 e. The Hall–Kier alpha value is -1.73. The topological polar surface area (TPSA) is 58.6 Å². The van der Waals surface area contributed by atoms with Crippen LogP contribution < -0.4 is 4.90 Å². The maximum atomic E-state index is 12.5. The van der Waals surface area contributed by atoms with Gasteiger partial charge < -0.3 is 14.5 Å².